The van der Waals surface area contributed by atoms with Crippen molar-refractivity contribution >= 4 is 22.1 Å². The predicted octanol–water partition coefficient (Wildman–Crippen LogP) is 2.86. The summed E-state index contributed by atoms with van der Waals surface area (Å²) in [7, 11) is -0.995. The Balaban J connectivity index is 1.86. The lowest BCUT2D eigenvalue weighted by Gasteiger charge is -2.27. The first kappa shape index (κ1) is 19.3. The number of rotatable bonds is 7. The predicted molar refractivity (Wildman–Crippen MR) is 106 cm³/mol. The molecular weight excluding hydrogens is 368 g/mol. The Morgan fingerprint density at radius 3 is 2.65 bits per heavy atom. The third-order valence-electron chi connectivity index (χ3n) is 4.91. The Morgan fingerprint density at radius 1 is 1.31 bits per heavy atom. The molecule has 0 spiro atoms. The van der Waals surface area contributed by atoms with Crippen molar-refractivity contribution in [1.82, 2.24) is 19.2 Å². The standard InChI is InChI=1S/C18H26N4O2S2/c1-3-4-11-21(16-10-12-26(23,24)13-16)14-22-18(25)20(2)17(19-22)15-8-6-5-7-9-15/h5-9,16H,3-4,10-14H2,1-2H3/t16-/m1/s1. The van der Waals surface area contributed by atoms with Gasteiger partial charge in [-0.15, -0.1) is 0 Å². The van der Waals surface area contributed by atoms with Crippen molar-refractivity contribution in [3.8, 4) is 11.4 Å². The zero-order valence-corrected chi connectivity index (χ0v) is 17.0. The highest BCUT2D eigenvalue weighted by molar-refractivity contribution is 7.91. The van der Waals surface area contributed by atoms with E-state index < -0.39 is 9.84 Å². The van der Waals surface area contributed by atoms with Gasteiger partial charge in [-0.2, -0.15) is 5.10 Å². The average Bonchev–Trinajstić information content (AvgIpc) is 3.13. The van der Waals surface area contributed by atoms with Crippen LogP contribution in [0.25, 0.3) is 11.4 Å². The van der Waals surface area contributed by atoms with E-state index in [1.54, 1.807) is 0 Å². The highest BCUT2D eigenvalue weighted by atomic mass is 32.2. The Kier molecular flexibility index (Phi) is 5.94. The van der Waals surface area contributed by atoms with Crippen LogP contribution < -0.4 is 0 Å². The van der Waals surface area contributed by atoms with Gasteiger partial charge in [-0.25, -0.2) is 13.1 Å². The fraction of sp³-hybridized carbons (Fsp3) is 0.556. The van der Waals surface area contributed by atoms with E-state index in [9.17, 15) is 8.42 Å². The van der Waals surface area contributed by atoms with Gasteiger partial charge in [-0.05, 0) is 25.1 Å². The normalized spacial score (nSPS) is 19.3. The molecular formula is C18H26N4O2S2. The number of sulfone groups is 1. The highest BCUT2D eigenvalue weighted by Crippen LogP contribution is 2.21. The van der Waals surface area contributed by atoms with Crippen molar-refractivity contribution in [2.75, 3.05) is 18.1 Å². The van der Waals surface area contributed by atoms with Crippen molar-refractivity contribution in [1.29, 1.82) is 0 Å². The van der Waals surface area contributed by atoms with Crippen LogP contribution in [-0.4, -0.2) is 51.8 Å². The molecule has 3 rings (SSSR count). The van der Waals surface area contributed by atoms with Gasteiger partial charge in [-0.1, -0.05) is 43.7 Å². The maximum atomic E-state index is 11.9. The van der Waals surface area contributed by atoms with Gasteiger partial charge in [0, 0.05) is 25.2 Å². The van der Waals surface area contributed by atoms with Gasteiger partial charge in [0.1, 0.15) is 0 Å². The molecule has 142 valence electrons. The molecule has 1 saturated heterocycles. The van der Waals surface area contributed by atoms with E-state index in [-0.39, 0.29) is 17.5 Å². The molecule has 1 aromatic carbocycles. The Morgan fingerprint density at radius 2 is 2.04 bits per heavy atom. The van der Waals surface area contributed by atoms with Gasteiger partial charge in [0.2, 0.25) is 0 Å². The number of hydrogen-bond acceptors (Lipinski definition) is 5. The molecule has 6 nitrogen and oxygen atoms in total. The van der Waals surface area contributed by atoms with Crippen LogP contribution in [0.4, 0.5) is 0 Å². The molecule has 1 aliphatic heterocycles. The minimum Gasteiger partial charge on any atom is -0.303 e. The number of benzene rings is 1. The van der Waals surface area contributed by atoms with Crippen LogP contribution in [0.1, 0.15) is 26.2 Å². The number of aromatic nitrogens is 3. The molecule has 2 aromatic rings. The summed E-state index contributed by atoms with van der Waals surface area (Å²) in [5.74, 6) is 1.34. The van der Waals surface area contributed by atoms with Gasteiger partial charge < -0.3 is 4.57 Å². The molecule has 0 unspecified atom stereocenters. The van der Waals surface area contributed by atoms with Gasteiger partial charge in [0.15, 0.2) is 20.4 Å². The summed E-state index contributed by atoms with van der Waals surface area (Å²) < 4.78 is 28.2. The molecule has 0 N–H and O–H groups in total. The molecule has 0 amide bonds. The van der Waals surface area contributed by atoms with Crippen molar-refractivity contribution in [2.45, 2.75) is 38.9 Å². The van der Waals surface area contributed by atoms with Crippen LogP contribution in [0, 0.1) is 4.77 Å². The minimum absolute atomic E-state index is 0.0515. The van der Waals surface area contributed by atoms with Gasteiger partial charge >= 0.3 is 0 Å². The summed E-state index contributed by atoms with van der Waals surface area (Å²) in [6, 6.07) is 10.0. The van der Waals surface area contributed by atoms with E-state index in [0.717, 1.165) is 30.8 Å². The van der Waals surface area contributed by atoms with E-state index in [2.05, 4.69) is 11.8 Å². The van der Waals surface area contributed by atoms with Crippen LogP contribution in [0.3, 0.4) is 0 Å². The quantitative estimate of drug-likeness (QED) is 0.676. The Labute approximate surface area is 160 Å². The zero-order valence-electron chi connectivity index (χ0n) is 15.3. The Bertz CT molecular complexity index is 903. The molecule has 2 heterocycles. The third-order valence-corrected chi connectivity index (χ3v) is 7.15. The second kappa shape index (κ2) is 8.02. The van der Waals surface area contributed by atoms with Crippen LogP contribution in [0.2, 0.25) is 0 Å². The van der Waals surface area contributed by atoms with E-state index in [4.69, 9.17) is 17.3 Å². The van der Waals surface area contributed by atoms with Crippen LogP contribution in [0.15, 0.2) is 30.3 Å². The van der Waals surface area contributed by atoms with Crippen LogP contribution in [0.5, 0.6) is 0 Å². The summed E-state index contributed by atoms with van der Waals surface area (Å²) >= 11 is 5.58. The maximum Gasteiger partial charge on any atom is 0.199 e. The van der Waals surface area contributed by atoms with E-state index in [1.165, 1.54) is 0 Å². The van der Waals surface area contributed by atoms with Crippen LogP contribution in [-0.2, 0) is 23.6 Å². The smallest absolute Gasteiger partial charge is 0.199 e. The molecule has 1 aliphatic rings. The topological polar surface area (TPSA) is 60.1 Å². The lowest BCUT2D eigenvalue weighted by atomic mass is 10.2. The first-order valence-corrected chi connectivity index (χ1v) is 11.3. The number of hydrogen-bond donors (Lipinski definition) is 0. The molecule has 1 fully saturated rings. The largest absolute Gasteiger partial charge is 0.303 e. The zero-order chi connectivity index (χ0) is 18.7. The summed E-state index contributed by atoms with van der Waals surface area (Å²) in [5, 5.41) is 4.72. The number of unbranched alkanes of at least 4 members (excludes halogenated alkanes) is 1. The molecule has 0 radical (unpaired) electrons. The van der Waals surface area contributed by atoms with Crippen LogP contribution >= 0.6 is 12.2 Å². The molecule has 1 atom stereocenters. The maximum absolute atomic E-state index is 11.9. The monoisotopic (exact) mass is 394 g/mol. The highest BCUT2D eigenvalue weighted by Gasteiger charge is 2.32. The average molecular weight is 395 g/mol. The molecule has 0 saturated carbocycles. The fourth-order valence-electron chi connectivity index (χ4n) is 3.38. The van der Waals surface area contributed by atoms with Gasteiger partial charge in [0.25, 0.3) is 0 Å². The summed E-state index contributed by atoms with van der Waals surface area (Å²) in [6.45, 7) is 3.53. The fourth-order valence-corrected chi connectivity index (χ4v) is 5.33. The summed E-state index contributed by atoms with van der Waals surface area (Å²) in [5.41, 5.74) is 1.02. The SMILES string of the molecule is CCCCN(Cn1nc(-c2ccccc2)n(C)c1=S)[C@@H]1CCS(=O)(=O)C1. The molecule has 0 aliphatic carbocycles. The molecule has 0 bridgehead atoms. The lowest BCUT2D eigenvalue weighted by Crippen LogP contribution is -2.38. The minimum atomic E-state index is -2.92. The van der Waals surface area contributed by atoms with E-state index in [1.807, 2.05) is 46.6 Å². The second-order valence-corrected chi connectivity index (χ2v) is 9.49. The van der Waals surface area contributed by atoms with Crippen molar-refractivity contribution < 1.29 is 8.42 Å². The summed E-state index contributed by atoms with van der Waals surface area (Å²) in [4.78, 5) is 2.23. The molecule has 26 heavy (non-hydrogen) atoms. The van der Waals surface area contributed by atoms with Gasteiger partial charge in [-0.3, -0.25) is 4.90 Å². The van der Waals surface area contributed by atoms with Crippen molar-refractivity contribution in [3.63, 3.8) is 0 Å². The first-order valence-electron chi connectivity index (χ1n) is 9.05. The van der Waals surface area contributed by atoms with E-state index in [0.29, 0.717) is 17.9 Å². The molecule has 1 aromatic heterocycles. The Hall–Kier alpha value is -1.51. The number of nitrogens with zero attached hydrogens (tertiary/aromatic N) is 4. The van der Waals surface area contributed by atoms with E-state index >= 15 is 0 Å². The summed E-state index contributed by atoms with van der Waals surface area (Å²) in [6.07, 6.45) is 2.79. The third kappa shape index (κ3) is 4.24. The van der Waals surface area contributed by atoms with Crippen molar-refractivity contribution in [3.05, 3.63) is 35.1 Å². The first-order chi connectivity index (χ1) is 12.4. The molecule has 8 heteroatoms. The van der Waals surface area contributed by atoms with Gasteiger partial charge in [0.05, 0.1) is 18.2 Å². The second-order valence-electron chi connectivity index (χ2n) is 6.89. The lowest BCUT2D eigenvalue weighted by molar-refractivity contribution is 0.152. The van der Waals surface area contributed by atoms with Crippen molar-refractivity contribution in [2.24, 2.45) is 7.05 Å².